The summed E-state index contributed by atoms with van der Waals surface area (Å²) in [7, 11) is -1.78. The Morgan fingerprint density at radius 3 is 2.56 bits per heavy atom. The summed E-state index contributed by atoms with van der Waals surface area (Å²) >= 11 is 0. The van der Waals surface area contributed by atoms with Crippen molar-refractivity contribution in [2.45, 2.75) is 24.7 Å². The molecule has 0 saturated carbocycles. The topological polar surface area (TPSA) is 72.0 Å². The van der Waals surface area contributed by atoms with Crippen LogP contribution in [0.4, 0.5) is 0 Å². The Bertz CT molecular complexity index is 1360. The number of piperazine rings is 1. The van der Waals surface area contributed by atoms with Crippen LogP contribution in [0.5, 0.6) is 17.4 Å². The third kappa shape index (κ3) is 5.02. The normalized spacial score (nSPS) is 17.7. The number of allylic oxidation sites excluding steroid dienone is 1. The van der Waals surface area contributed by atoms with E-state index in [1.807, 2.05) is 49.4 Å². The van der Waals surface area contributed by atoms with Gasteiger partial charge in [0.05, 0.1) is 12.0 Å². The van der Waals surface area contributed by atoms with Gasteiger partial charge in [0.1, 0.15) is 11.5 Å². The molecule has 0 unspecified atom stereocenters. The van der Waals surface area contributed by atoms with Crippen molar-refractivity contribution in [3.8, 4) is 17.4 Å². The molecule has 3 heterocycles. The minimum Gasteiger partial charge on any atom is -0.496 e. The van der Waals surface area contributed by atoms with Crippen LogP contribution in [-0.4, -0.2) is 62.4 Å². The Morgan fingerprint density at radius 1 is 1.03 bits per heavy atom. The number of hydrogen-bond acceptors (Lipinski definition) is 6. The number of hydrogen-bond donors (Lipinski definition) is 0. The van der Waals surface area contributed by atoms with Gasteiger partial charge in [0.2, 0.25) is 15.9 Å². The van der Waals surface area contributed by atoms with Crippen LogP contribution >= 0.6 is 0 Å². The SMILES string of the molecule is COc1cccc2c1C/C(=C/CCN1CCN(S(=O)(=O)c3ccc(C)cc3)CC1)c1cccnc1O2. The van der Waals surface area contributed by atoms with Gasteiger partial charge in [-0.1, -0.05) is 29.8 Å². The van der Waals surface area contributed by atoms with Gasteiger partial charge in [-0.15, -0.1) is 0 Å². The molecule has 5 rings (SSSR count). The summed E-state index contributed by atoms with van der Waals surface area (Å²) in [6, 6.07) is 16.9. The molecular weight excluding hydrogens is 474 g/mol. The van der Waals surface area contributed by atoms with Gasteiger partial charge >= 0.3 is 0 Å². The Balaban J connectivity index is 1.26. The van der Waals surface area contributed by atoms with E-state index in [0.29, 0.717) is 43.4 Å². The third-order valence-electron chi connectivity index (χ3n) is 6.83. The van der Waals surface area contributed by atoms with E-state index in [9.17, 15) is 8.42 Å². The summed E-state index contributed by atoms with van der Waals surface area (Å²) in [5.41, 5.74) is 4.21. The van der Waals surface area contributed by atoms with Gasteiger partial charge in [-0.2, -0.15) is 4.31 Å². The van der Waals surface area contributed by atoms with Crippen LogP contribution in [0.1, 0.15) is 23.1 Å². The van der Waals surface area contributed by atoms with Gasteiger partial charge in [-0.25, -0.2) is 13.4 Å². The number of nitrogens with zero attached hydrogens (tertiary/aromatic N) is 3. The van der Waals surface area contributed by atoms with E-state index in [4.69, 9.17) is 9.47 Å². The smallest absolute Gasteiger partial charge is 0.243 e. The average molecular weight is 506 g/mol. The highest BCUT2D eigenvalue weighted by Gasteiger charge is 2.28. The summed E-state index contributed by atoms with van der Waals surface area (Å²) in [6.45, 7) is 5.24. The molecule has 1 fully saturated rings. The second kappa shape index (κ2) is 10.4. The quantitative estimate of drug-likeness (QED) is 0.490. The highest BCUT2D eigenvalue weighted by molar-refractivity contribution is 7.89. The molecule has 2 aliphatic heterocycles. The predicted molar refractivity (Wildman–Crippen MR) is 140 cm³/mol. The zero-order valence-electron chi connectivity index (χ0n) is 20.7. The molecule has 8 heteroatoms. The maximum Gasteiger partial charge on any atom is 0.243 e. The summed E-state index contributed by atoms with van der Waals surface area (Å²) in [6.07, 6.45) is 5.53. The lowest BCUT2D eigenvalue weighted by atomic mass is 9.97. The number of ether oxygens (including phenoxy) is 2. The van der Waals surface area contributed by atoms with Gasteiger partial charge in [0.25, 0.3) is 0 Å². The minimum absolute atomic E-state index is 0.366. The first-order chi connectivity index (χ1) is 17.5. The lowest BCUT2D eigenvalue weighted by Gasteiger charge is -2.33. The fourth-order valence-electron chi connectivity index (χ4n) is 4.77. The van der Waals surface area contributed by atoms with Crippen molar-refractivity contribution in [1.82, 2.24) is 14.2 Å². The van der Waals surface area contributed by atoms with Crippen LogP contribution in [-0.2, 0) is 16.4 Å². The molecule has 0 N–H and O–H groups in total. The van der Waals surface area contributed by atoms with Crippen molar-refractivity contribution < 1.29 is 17.9 Å². The second-order valence-corrected chi connectivity index (χ2v) is 11.1. The van der Waals surface area contributed by atoms with E-state index in [0.717, 1.165) is 46.7 Å². The van der Waals surface area contributed by atoms with Crippen LogP contribution in [0.3, 0.4) is 0 Å². The number of rotatable bonds is 6. The zero-order chi connectivity index (χ0) is 25.1. The number of methoxy groups -OCH3 is 1. The average Bonchev–Trinajstić information content (AvgIpc) is 3.06. The molecular formula is C28H31N3O4S. The van der Waals surface area contributed by atoms with Crippen LogP contribution in [0.15, 0.2) is 71.8 Å². The Morgan fingerprint density at radius 2 is 1.81 bits per heavy atom. The second-order valence-electron chi connectivity index (χ2n) is 9.15. The molecule has 2 aliphatic rings. The largest absolute Gasteiger partial charge is 0.496 e. The van der Waals surface area contributed by atoms with Gasteiger partial charge < -0.3 is 14.4 Å². The highest BCUT2D eigenvalue weighted by Crippen LogP contribution is 2.41. The third-order valence-corrected chi connectivity index (χ3v) is 8.74. The summed E-state index contributed by atoms with van der Waals surface area (Å²) in [5, 5.41) is 0. The van der Waals surface area contributed by atoms with E-state index in [1.165, 1.54) is 0 Å². The van der Waals surface area contributed by atoms with E-state index < -0.39 is 10.0 Å². The monoisotopic (exact) mass is 505 g/mol. The van der Waals surface area contributed by atoms with Crippen LogP contribution < -0.4 is 9.47 Å². The molecule has 7 nitrogen and oxygen atoms in total. The van der Waals surface area contributed by atoms with E-state index in [-0.39, 0.29) is 0 Å². The summed E-state index contributed by atoms with van der Waals surface area (Å²) in [4.78, 5) is 7.16. The molecule has 0 radical (unpaired) electrons. The first-order valence-corrected chi connectivity index (χ1v) is 13.7. The summed E-state index contributed by atoms with van der Waals surface area (Å²) in [5.74, 6) is 2.17. The number of aromatic nitrogens is 1. The molecule has 0 atom stereocenters. The van der Waals surface area contributed by atoms with Gasteiger partial charge in [-0.3, -0.25) is 0 Å². The van der Waals surface area contributed by atoms with Gasteiger partial charge in [0.15, 0.2) is 0 Å². The fourth-order valence-corrected chi connectivity index (χ4v) is 6.19. The molecule has 0 aliphatic carbocycles. The number of pyridine rings is 1. The number of benzene rings is 2. The number of fused-ring (bicyclic) bond motifs is 2. The lowest BCUT2D eigenvalue weighted by Crippen LogP contribution is -2.48. The van der Waals surface area contributed by atoms with Crippen molar-refractivity contribution in [1.29, 1.82) is 0 Å². The predicted octanol–water partition coefficient (Wildman–Crippen LogP) is 4.53. The van der Waals surface area contributed by atoms with Crippen LogP contribution in [0.2, 0.25) is 0 Å². The molecule has 1 saturated heterocycles. The molecule has 1 aromatic heterocycles. The Hall–Kier alpha value is -3.20. The molecule has 3 aromatic rings. The van der Waals surface area contributed by atoms with Crippen molar-refractivity contribution >= 4 is 15.6 Å². The number of aryl methyl sites for hydroxylation is 1. The highest BCUT2D eigenvalue weighted by atomic mass is 32.2. The van der Waals surface area contributed by atoms with Crippen molar-refractivity contribution in [3.05, 3.63) is 83.6 Å². The van der Waals surface area contributed by atoms with Crippen LogP contribution in [0.25, 0.3) is 5.57 Å². The van der Waals surface area contributed by atoms with Crippen molar-refractivity contribution in [2.24, 2.45) is 0 Å². The standard InChI is InChI=1S/C28H31N3O4S/c1-21-10-12-23(13-11-21)36(32,33)31-18-16-30(17-19-31)15-5-6-22-20-25-26(34-2)8-3-9-27(25)35-28-24(22)7-4-14-29-28/h3-4,6-14H,5,15-20H2,1-2H3/b22-6-. The van der Waals surface area contributed by atoms with Gasteiger partial charge in [-0.05, 0) is 55.3 Å². The molecule has 188 valence electrons. The maximum absolute atomic E-state index is 13.0. The van der Waals surface area contributed by atoms with E-state index in [1.54, 1.807) is 29.7 Å². The number of sulfonamides is 1. The Kier molecular flexibility index (Phi) is 7.09. The van der Waals surface area contributed by atoms with Gasteiger partial charge in [0, 0.05) is 56.5 Å². The molecule has 2 aromatic carbocycles. The van der Waals surface area contributed by atoms with Crippen molar-refractivity contribution in [3.63, 3.8) is 0 Å². The maximum atomic E-state index is 13.0. The first kappa shape index (κ1) is 24.5. The molecule has 0 spiro atoms. The zero-order valence-corrected chi connectivity index (χ0v) is 21.5. The molecule has 36 heavy (non-hydrogen) atoms. The van der Waals surface area contributed by atoms with Crippen molar-refractivity contribution in [2.75, 3.05) is 39.8 Å². The fraction of sp³-hybridized carbons (Fsp3) is 0.321. The van der Waals surface area contributed by atoms with E-state index >= 15 is 0 Å². The lowest BCUT2D eigenvalue weighted by molar-refractivity contribution is 0.191. The van der Waals surface area contributed by atoms with E-state index in [2.05, 4.69) is 16.0 Å². The van der Waals surface area contributed by atoms with Crippen LogP contribution in [0, 0.1) is 6.92 Å². The molecule has 0 amide bonds. The Labute approximate surface area is 213 Å². The first-order valence-electron chi connectivity index (χ1n) is 12.2. The summed E-state index contributed by atoms with van der Waals surface area (Å²) < 4.78 is 39.3. The minimum atomic E-state index is -3.45. The molecule has 0 bridgehead atoms.